The number of fused-ring (bicyclic) bond motifs is 3. The van der Waals surface area contributed by atoms with Crippen molar-refractivity contribution in [3.05, 3.63) is 42.5 Å². The number of hydrogen-bond donors (Lipinski definition) is 1. The molecule has 1 aromatic heterocycles. The molecule has 0 saturated heterocycles. The molecule has 1 aliphatic heterocycles. The van der Waals surface area contributed by atoms with Gasteiger partial charge >= 0.3 is 0 Å². The van der Waals surface area contributed by atoms with Crippen LogP contribution in [0.4, 0.5) is 5.69 Å². The summed E-state index contributed by atoms with van der Waals surface area (Å²) >= 11 is 0. The number of rotatable bonds is 0. The van der Waals surface area contributed by atoms with E-state index < -0.39 is 0 Å². The van der Waals surface area contributed by atoms with Crippen LogP contribution in [-0.4, -0.2) is 16.1 Å². The zero-order chi connectivity index (χ0) is 9.38. The van der Waals surface area contributed by atoms with Gasteiger partial charge in [0, 0.05) is 25.4 Å². The zero-order valence-corrected chi connectivity index (χ0v) is 7.77. The highest BCUT2D eigenvalue weighted by molar-refractivity contribution is 5.62. The topological polar surface area (TPSA) is 29.9 Å². The average molecular weight is 185 g/mol. The van der Waals surface area contributed by atoms with Crippen LogP contribution in [0, 0.1) is 0 Å². The van der Waals surface area contributed by atoms with E-state index in [1.807, 2.05) is 18.5 Å². The minimum atomic E-state index is 0.952. The fourth-order valence-electron chi connectivity index (χ4n) is 1.88. The molecule has 1 aromatic carbocycles. The third kappa shape index (κ3) is 1.02. The second kappa shape index (κ2) is 2.87. The van der Waals surface area contributed by atoms with Gasteiger partial charge in [-0.25, -0.2) is 4.98 Å². The van der Waals surface area contributed by atoms with E-state index in [2.05, 4.69) is 33.1 Å². The van der Waals surface area contributed by atoms with Gasteiger partial charge in [0.15, 0.2) is 0 Å². The maximum absolute atomic E-state index is 4.34. The molecule has 3 nitrogen and oxygen atoms in total. The van der Waals surface area contributed by atoms with Gasteiger partial charge in [-0.15, -0.1) is 0 Å². The fourth-order valence-corrected chi connectivity index (χ4v) is 1.88. The maximum atomic E-state index is 4.34. The Morgan fingerprint density at radius 2 is 2.21 bits per heavy atom. The summed E-state index contributed by atoms with van der Waals surface area (Å²) in [7, 11) is 0. The SMILES string of the molecule is c1ccc2c(c1)NCCc1nccn1-2. The van der Waals surface area contributed by atoms with Gasteiger partial charge in [0.1, 0.15) is 5.82 Å². The normalized spacial score (nSPS) is 13.7. The van der Waals surface area contributed by atoms with Crippen LogP contribution in [0.5, 0.6) is 0 Å². The van der Waals surface area contributed by atoms with Crippen molar-refractivity contribution in [1.82, 2.24) is 9.55 Å². The number of anilines is 1. The van der Waals surface area contributed by atoms with Crippen molar-refractivity contribution in [3.8, 4) is 5.69 Å². The quantitative estimate of drug-likeness (QED) is 0.678. The molecule has 0 saturated carbocycles. The van der Waals surface area contributed by atoms with E-state index in [1.165, 1.54) is 11.4 Å². The molecule has 2 heterocycles. The van der Waals surface area contributed by atoms with Crippen LogP contribution in [0.3, 0.4) is 0 Å². The fraction of sp³-hybridized carbons (Fsp3) is 0.182. The van der Waals surface area contributed by atoms with Crippen molar-refractivity contribution >= 4 is 5.69 Å². The molecule has 1 N–H and O–H groups in total. The second-order valence-electron chi connectivity index (χ2n) is 3.41. The summed E-state index contributed by atoms with van der Waals surface area (Å²) in [5, 5.41) is 3.40. The molecule has 2 aromatic rings. The van der Waals surface area contributed by atoms with E-state index in [1.54, 1.807) is 0 Å². The Balaban J connectivity index is 2.27. The Hall–Kier alpha value is -1.77. The van der Waals surface area contributed by atoms with Crippen LogP contribution in [0.15, 0.2) is 36.7 Å². The molecular weight excluding hydrogens is 174 g/mol. The van der Waals surface area contributed by atoms with Crippen LogP contribution in [0.1, 0.15) is 5.82 Å². The molecular formula is C11H11N3. The summed E-state index contributed by atoms with van der Waals surface area (Å²) < 4.78 is 2.15. The molecule has 0 amide bonds. The van der Waals surface area contributed by atoms with Crippen molar-refractivity contribution in [3.63, 3.8) is 0 Å². The highest BCUT2D eigenvalue weighted by Crippen LogP contribution is 2.23. The van der Waals surface area contributed by atoms with Gasteiger partial charge in [-0.1, -0.05) is 12.1 Å². The first-order chi connectivity index (χ1) is 6.95. The number of para-hydroxylation sites is 2. The van der Waals surface area contributed by atoms with Crippen LogP contribution in [0.25, 0.3) is 5.69 Å². The number of aromatic nitrogens is 2. The number of benzene rings is 1. The van der Waals surface area contributed by atoms with Gasteiger partial charge in [0.05, 0.1) is 11.4 Å². The van der Waals surface area contributed by atoms with Gasteiger partial charge in [-0.2, -0.15) is 0 Å². The van der Waals surface area contributed by atoms with Gasteiger partial charge in [0.25, 0.3) is 0 Å². The van der Waals surface area contributed by atoms with E-state index in [0.717, 1.165) is 18.8 Å². The first kappa shape index (κ1) is 7.62. The molecule has 0 radical (unpaired) electrons. The summed E-state index contributed by atoms with van der Waals surface area (Å²) in [6.07, 6.45) is 4.85. The number of nitrogens with one attached hydrogen (secondary N) is 1. The Labute approximate surface area is 82.4 Å². The van der Waals surface area contributed by atoms with Gasteiger partial charge < -0.3 is 9.88 Å². The van der Waals surface area contributed by atoms with Crippen LogP contribution in [-0.2, 0) is 6.42 Å². The summed E-state index contributed by atoms with van der Waals surface area (Å²) in [4.78, 5) is 4.34. The van der Waals surface area contributed by atoms with Gasteiger partial charge in [-0.3, -0.25) is 0 Å². The van der Waals surface area contributed by atoms with E-state index in [4.69, 9.17) is 0 Å². The lowest BCUT2D eigenvalue weighted by atomic mass is 10.2. The third-order valence-electron chi connectivity index (χ3n) is 2.55. The minimum absolute atomic E-state index is 0.952. The molecule has 3 rings (SSSR count). The Bertz CT molecular complexity index is 459. The molecule has 0 spiro atoms. The molecule has 0 aliphatic carbocycles. The summed E-state index contributed by atoms with van der Waals surface area (Å²) in [6.45, 7) is 0.952. The summed E-state index contributed by atoms with van der Waals surface area (Å²) in [5.74, 6) is 1.13. The average Bonchev–Trinajstić information content (AvgIpc) is 2.61. The lowest BCUT2D eigenvalue weighted by Crippen LogP contribution is -2.02. The van der Waals surface area contributed by atoms with E-state index in [0.29, 0.717) is 0 Å². The van der Waals surface area contributed by atoms with Crippen molar-refractivity contribution in [2.75, 3.05) is 11.9 Å². The molecule has 14 heavy (non-hydrogen) atoms. The highest BCUT2D eigenvalue weighted by atomic mass is 15.1. The minimum Gasteiger partial charge on any atom is -0.383 e. The first-order valence-corrected chi connectivity index (χ1v) is 4.81. The Morgan fingerprint density at radius 3 is 3.21 bits per heavy atom. The number of nitrogens with zero attached hydrogens (tertiary/aromatic N) is 2. The van der Waals surface area contributed by atoms with Gasteiger partial charge in [0.2, 0.25) is 0 Å². The second-order valence-corrected chi connectivity index (χ2v) is 3.41. The molecule has 1 aliphatic rings. The molecule has 0 unspecified atom stereocenters. The highest BCUT2D eigenvalue weighted by Gasteiger charge is 2.12. The van der Waals surface area contributed by atoms with E-state index in [-0.39, 0.29) is 0 Å². The third-order valence-corrected chi connectivity index (χ3v) is 2.55. The lowest BCUT2D eigenvalue weighted by Gasteiger charge is -2.08. The van der Waals surface area contributed by atoms with Crippen LogP contribution in [0.2, 0.25) is 0 Å². The molecule has 3 heteroatoms. The van der Waals surface area contributed by atoms with E-state index >= 15 is 0 Å². The predicted octanol–water partition coefficient (Wildman–Crippen LogP) is 1.84. The van der Waals surface area contributed by atoms with Crippen LogP contribution >= 0.6 is 0 Å². The largest absolute Gasteiger partial charge is 0.383 e. The maximum Gasteiger partial charge on any atom is 0.115 e. The zero-order valence-electron chi connectivity index (χ0n) is 7.77. The van der Waals surface area contributed by atoms with Crippen molar-refractivity contribution < 1.29 is 0 Å². The Kier molecular flexibility index (Phi) is 1.56. The molecule has 0 bridgehead atoms. The molecule has 70 valence electrons. The van der Waals surface area contributed by atoms with Crippen molar-refractivity contribution in [1.29, 1.82) is 0 Å². The van der Waals surface area contributed by atoms with Crippen LogP contribution < -0.4 is 5.32 Å². The predicted molar refractivity (Wildman–Crippen MR) is 55.8 cm³/mol. The summed E-state index contributed by atoms with van der Waals surface area (Å²) in [5.41, 5.74) is 2.38. The summed E-state index contributed by atoms with van der Waals surface area (Å²) in [6, 6.07) is 8.31. The van der Waals surface area contributed by atoms with Gasteiger partial charge in [-0.05, 0) is 12.1 Å². The monoisotopic (exact) mass is 185 g/mol. The van der Waals surface area contributed by atoms with Crippen molar-refractivity contribution in [2.45, 2.75) is 6.42 Å². The molecule has 0 fully saturated rings. The smallest absolute Gasteiger partial charge is 0.115 e. The van der Waals surface area contributed by atoms with E-state index in [9.17, 15) is 0 Å². The number of hydrogen-bond acceptors (Lipinski definition) is 2. The number of imidazole rings is 1. The Morgan fingerprint density at radius 1 is 1.29 bits per heavy atom. The molecule has 0 atom stereocenters. The lowest BCUT2D eigenvalue weighted by molar-refractivity contribution is 0.883. The van der Waals surface area contributed by atoms with Crippen molar-refractivity contribution in [2.24, 2.45) is 0 Å². The first-order valence-electron chi connectivity index (χ1n) is 4.81. The standard InChI is InChI=1S/C11H11N3/c1-2-4-10-9(3-1)12-6-5-11-13-7-8-14(10)11/h1-4,7-8,12H,5-6H2.